The van der Waals surface area contributed by atoms with Gasteiger partial charge in [-0.1, -0.05) is 30.3 Å². The molecule has 1 aromatic rings. The molecule has 1 unspecified atom stereocenters. The largest absolute Gasteiger partial charge is 0.299 e. The summed E-state index contributed by atoms with van der Waals surface area (Å²) in [4.78, 5) is 37.6. The second-order valence-electron chi connectivity index (χ2n) is 6.45. The Morgan fingerprint density at radius 3 is 2.36 bits per heavy atom. The first-order valence-corrected chi connectivity index (χ1v) is 7.96. The van der Waals surface area contributed by atoms with Gasteiger partial charge in [-0.2, -0.15) is 0 Å². The fourth-order valence-electron chi connectivity index (χ4n) is 3.63. The van der Waals surface area contributed by atoms with Crippen LogP contribution in [0.25, 0.3) is 0 Å². The Labute approximate surface area is 130 Å². The van der Waals surface area contributed by atoms with Gasteiger partial charge in [0.05, 0.1) is 12.5 Å². The summed E-state index contributed by atoms with van der Waals surface area (Å²) < 4.78 is 0. The molecule has 1 saturated carbocycles. The molecule has 0 radical (unpaired) electrons. The van der Waals surface area contributed by atoms with Gasteiger partial charge in [0, 0.05) is 32.4 Å². The van der Waals surface area contributed by atoms with E-state index in [0.717, 1.165) is 13.1 Å². The standard InChI is InChI=1S/C18H21NO3/c20-15-8-14(9-16(21)11-15)10-17-18(22)6-7-19(17)12-13-4-2-1-3-5-13/h1-5,14,17H,6-12H2. The molecule has 1 atom stereocenters. The summed E-state index contributed by atoms with van der Waals surface area (Å²) in [6, 6.07) is 9.97. The molecule has 116 valence electrons. The maximum Gasteiger partial charge on any atom is 0.151 e. The van der Waals surface area contributed by atoms with E-state index >= 15 is 0 Å². The summed E-state index contributed by atoms with van der Waals surface area (Å²) >= 11 is 0. The molecule has 1 aliphatic heterocycles. The molecule has 1 saturated heterocycles. The Hall–Kier alpha value is -1.81. The molecule has 0 amide bonds. The smallest absolute Gasteiger partial charge is 0.151 e. The molecular weight excluding hydrogens is 278 g/mol. The molecule has 0 N–H and O–H groups in total. The predicted octanol–water partition coefficient (Wildman–Crippen LogP) is 2.16. The zero-order valence-corrected chi connectivity index (χ0v) is 12.7. The molecule has 22 heavy (non-hydrogen) atoms. The van der Waals surface area contributed by atoms with Crippen LogP contribution in [0.3, 0.4) is 0 Å². The van der Waals surface area contributed by atoms with Crippen molar-refractivity contribution in [3.05, 3.63) is 35.9 Å². The fraction of sp³-hybridized carbons (Fsp3) is 0.500. The first-order chi connectivity index (χ1) is 10.6. The third-order valence-electron chi connectivity index (χ3n) is 4.67. The Kier molecular flexibility index (Phi) is 4.48. The molecule has 0 aromatic heterocycles. The second-order valence-corrected chi connectivity index (χ2v) is 6.45. The Bertz CT molecular complexity index is 565. The van der Waals surface area contributed by atoms with Crippen molar-refractivity contribution in [1.82, 2.24) is 4.90 Å². The average molecular weight is 299 g/mol. The summed E-state index contributed by atoms with van der Waals surface area (Å²) in [5.74, 6) is 0.350. The van der Waals surface area contributed by atoms with E-state index in [1.165, 1.54) is 5.56 Å². The van der Waals surface area contributed by atoms with Crippen LogP contribution in [0.1, 0.15) is 37.7 Å². The number of hydrogen-bond acceptors (Lipinski definition) is 4. The van der Waals surface area contributed by atoms with Crippen molar-refractivity contribution in [2.24, 2.45) is 5.92 Å². The van der Waals surface area contributed by atoms with Crippen molar-refractivity contribution in [3.63, 3.8) is 0 Å². The quantitative estimate of drug-likeness (QED) is 0.800. The molecule has 1 heterocycles. The van der Waals surface area contributed by atoms with Crippen molar-refractivity contribution >= 4 is 17.3 Å². The highest BCUT2D eigenvalue weighted by atomic mass is 16.1. The van der Waals surface area contributed by atoms with Crippen molar-refractivity contribution < 1.29 is 14.4 Å². The Balaban J connectivity index is 1.66. The molecular formula is C18H21NO3. The molecule has 2 fully saturated rings. The third kappa shape index (κ3) is 3.50. The predicted molar refractivity (Wildman–Crippen MR) is 82.2 cm³/mol. The Morgan fingerprint density at radius 2 is 1.68 bits per heavy atom. The average Bonchev–Trinajstić information content (AvgIpc) is 2.80. The van der Waals surface area contributed by atoms with Crippen LogP contribution in [-0.2, 0) is 20.9 Å². The van der Waals surface area contributed by atoms with Gasteiger partial charge in [0.1, 0.15) is 11.6 Å². The van der Waals surface area contributed by atoms with Crippen LogP contribution in [0.15, 0.2) is 30.3 Å². The highest BCUT2D eigenvalue weighted by molar-refractivity contribution is 6.01. The van der Waals surface area contributed by atoms with Crippen LogP contribution in [0.2, 0.25) is 0 Å². The molecule has 1 aromatic carbocycles. The number of Topliss-reactive ketones (excluding diaryl/α,β-unsaturated/α-hetero) is 3. The summed E-state index contributed by atoms with van der Waals surface area (Å²) in [6.45, 7) is 1.53. The lowest BCUT2D eigenvalue weighted by Crippen LogP contribution is -2.36. The van der Waals surface area contributed by atoms with E-state index in [4.69, 9.17) is 0 Å². The van der Waals surface area contributed by atoms with Gasteiger partial charge in [-0.05, 0) is 17.9 Å². The van der Waals surface area contributed by atoms with Crippen molar-refractivity contribution in [2.75, 3.05) is 6.54 Å². The monoisotopic (exact) mass is 299 g/mol. The van der Waals surface area contributed by atoms with Gasteiger partial charge in [0.15, 0.2) is 5.78 Å². The summed E-state index contributed by atoms with van der Waals surface area (Å²) in [5, 5.41) is 0. The number of likely N-dealkylation sites (tertiary alicyclic amines) is 1. The number of carbonyl (C=O) groups is 3. The fourth-order valence-corrected chi connectivity index (χ4v) is 3.63. The molecule has 4 heteroatoms. The molecule has 3 rings (SSSR count). The molecule has 2 aliphatic rings. The summed E-state index contributed by atoms with van der Waals surface area (Å²) in [6.07, 6.45) is 2.21. The van der Waals surface area contributed by atoms with Crippen molar-refractivity contribution in [3.8, 4) is 0 Å². The highest BCUT2D eigenvalue weighted by Crippen LogP contribution is 2.29. The van der Waals surface area contributed by atoms with E-state index in [1.807, 2.05) is 18.2 Å². The summed E-state index contributed by atoms with van der Waals surface area (Å²) in [5.41, 5.74) is 1.19. The van der Waals surface area contributed by atoms with Crippen LogP contribution < -0.4 is 0 Å². The Morgan fingerprint density at radius 1 is 1.00 bits per heavy atom. The molecule has 0 bridgehead atoms. The topological polar surface area (TPSA) is 54.5 Å². The van der Waals surface area contributed by atoms with Gasteiger partial charge in [-0.25, -0.2) is 0 Å². The van der Waals surface area contributed by atoms with Gasteiger partial charge < -0.3 is 0 Å². The molecule has 1 aliphatic carbocycles. The van der Waals surface area contributed by atoms with Crippen molar-refractivity contribution in [2.45, 2.75) is 44.7 Å². The lowest BCUT2D eigenvalue weighted by atomic mass is 9.82. The third-order valence-corrected chi connectivity index (χ3v) is 4.67. The van der Waals surface area contributed by atoms with Crippen molar-refractivity contribution in [1.29, 1.82) is 0 Å². The van der Waals surface area contributed by atoms with Crippen LogP contribution in [0, 0.1) is 5.92 Å². The van der Waals surface area contributed by atoms with Crippen LogP contribution in [-0.4, -0.2) is 34.8 Å². The van der Waals surface area contributed by atoms with E-state index < -0.39 is 0 Å². The first kappa shape index (κ1) is 15.1. The van der Waals surface area contributed by atoms with Gasteiger partial charge in [-0.3, -0.25) is 19.3 Å². The normalized spacial score (nSPS) is 24.2. The van der Waals surface area contributed by atoms with Crippen LogP contribution in [0.5, 0.6) is 0 Å². The molecule has 0 spiro atoms. The van der Waals surface area contributed by atoms with Gasteiger partial charge in [-0.15, -0.1) is 0 Å². The molecule has 4 nitrogen and oxygen atoms in total. The number of hydrogen-bond donors (Lipinski definition) is 0. The zero-order chi connectivity index (χ0) is 15.5. The minimum Gasteiger partial charge on any atom is -0.299 e. The highest BCUT2D eigenvalue weighted by Gasteiger charge is 2.36. The van der Waals surface area contributed by atoms with Crippen LogP contribution >= 0.6 is 0 Å². The van der Waals surface area contributed by atoms with Gasteiger partial charge >= 0.3 is 0 Å². The van der Waals surface area contributed by atoms with E-state index in [1.54, 1.807) is 0 Å². The number of rotatable bonds is 4. The SMILES string of the molecule is O=C1CC(=O)CC(CC2C(=O)CCN2Cc2ccccc2)C1. The minimum absolute atomic E-state index is 0.0290. The van der Waals surface area contributed by atoms with Crippen LogP contribution in [0.4, 0.5) is 0 Å². The van der Waals surface area contributed by atoms with E-state index in [2.05, 4.69) is 17.0 Å². The van der Waals surface area contributed by atoms with E-state index in [9.17, 15) is 14.4 Å². The number of ketones is 3. The lowest BCUT2D eigenvalue weighted by Gasteiger charge is -2.28. The second kappa shape index (κ2) is 6.53. The maximum absolute atomic E-state index is 12.2. The van der Waals surface area contributed by atoms with E-state index in [0.29, 0.717) is 25.7 Å². The first-order valence-electron chi connectivity index (χ1n) is 7.96. The van der Waals surface area contributed by atoms with Gasteiger partial charge in [0.25, 0.3) is 0 Å². The van der Waals surface area contributed by atoms with Gasteiger partial charge in [0.2, 0.25) is 0 Å². The minimum atomic E-state index is -0.135. The lowest BCUT2D eigenvalue weighted by molar-refractivity contribution is -0.132. The zero-order valence-electron chi connectivity index (χ0n) is 12.7. The maximum atomic E-state index is 12.2. The number of nitrogens with zero attached hydrogens (tertiary/aromatic N) is 1. The summed E-state index contributed by atoms with van der Waals surface area (Å²) in [7, 11) is 0. The number of carbonyl (C=O) groups excluding carboxylic acids is 3. The van der Waals surface area contributed by atoms with E-state index in [-0.39, 0.29) is 35.7 Å². The number of benzene rings is 1.